The average Bonchev–Trinajstić information content (AvgIpc) is 3.17. The first kappa shape index (κ1) is 20.6. The van der Waals surface area contributed by atoms with Gasteiger partial charge in [-0.1, -0.05) is 52.9 Å². The molecule has 0 aliphatic carbocycles. The fourth-order valence-corrected chi connectivity index (χ4v) is 4.65. The lowest BCUT2D eigenvalue weighted by Crippen LogP contribution is -2.43. The molecule has 0 radical (unpaired) electrons. The molecule has 0 spiro atoms. The second-order valence-electron chi connectivity index (χ2n) is 6.18. The lowest BCUT2D eigenvalue weighted by atomic mass is 10.2. The smallest absolute Gasteiger partial charge is 0.265 e. The van der Waals surface area contributed by atoms with Crippen molar-refractivity contribution >= 4 is 57.3 Å². The minimum Gasteiger partial charge on any atom is -0.482 e. The summed E-state index contributed by atoms with van der Waals surface area (Å²) in [6.07, 6.45) is 0. The predicted octanol–water partition coefficient (Wildman–Crippen LogP) is 3.99. The minimum absolute atomic E-state index is 0.155. The van der Waals surface area contributed by atoms with Crippen LogP contribution in [0.5, 0.6) is 5.75 Å². The van der Waals surface area contributed by atoms with Crippen molar-refractivity contribution in [2.45, 2.75) is 10.1 Å². The summed E-state index contributed by atoms with van der Waals surface area (Å²) in [4.78, 5) is 26.0. The van der Waals surface area contributed by atoms with E-state index >= 15 is 0 Å². The maximum absolute atomic E-state index is 13.7. The van der Waals surface area contributed by atoms with Gasteiger partial charge in [0.05, 0.1) is 5.69 Å². The van der Waals surface area contributed by atoms with Gasteiger partial charge in [0.15, 0.2) is 10.9 Å². The topological polar surface area (TPSA) is 84.4 Å². The van der Waals surface area contributed by atoms with Crippen molar-refractivity contribution in [3.8, 4) is 5.75 Å². The highest BCUT2D eigenvalue weighted by atomic mass is 35.5. The van der Waals surface area contributed by atoms with E-state index in [1.807, 2.05) is 0 Å². The molecule has 30 heavy (non-hydrogen) atoms. The van der Waals surface area contributed by atoms with Crippen LogP contribution in [0.3, 0.4) is 0 Å². The zero-order valence-electron chi connectivity index (χ0n) is 15.3. The molecule has 1 aliphatic heterocycles. The number of amides is 2. The number of ether oxygens (including phenoxy) is 1. The fourth-order valence-electron chi connectivity index (χ4n) is 2.72. The lowest BCUT2D eigenvalue weighted by Gasteiger charge is -2.28. The molecule has 0 saturated heterocycles. The van der Waals surface area contributed by atoms with Crippen LogP contribution in [0.1, 0.15) is 5.56 Å². The van der Waals surface area contributed by atoms with Crippen LogP contribution >= 0.6 is 34.7 Å². The number of anilines is 2. The Labute approximate surface area is 184 Å². The molecule has 0 fully saturated rings. The summed E-state index contributed by atoms with van der Waals surface area (Å²) in [7, 11) is 0. The summed E-state index contributed by atoms with van der Waals surface area (Å²) >= 11 is 8.50. The highest BCUT2D eigenvalue weighted by molar-refractivity contribution is 8.00. The van der Waals surface area contributed by atoms with Gasteiger partial charge in [0, 0.05) is 10.8 Å². The normalized spacial score (nSPS) is 13.0. The molecule has 4 rings (SSSR count). The number of fused-ring (bicyclic) bond motifs is 1. The monoisotopic (exact) mass is 464 g/mol. The van der Waals surface area contributed by atoms with Crippen molar-refractivity contribution in [2.75, 3.05) is 23.4 Å². The van der Waals surface area contributed by atoms with Crippen LogP contribution in [0.15, 0.2) is 46.8 Å². The number of nitrogens with one attached hydrogen (secondary N) is 1. The number of halogens is 2. The van der Waals surface area contributed by atoms with Gasteiger partial charge in [-0.25, -0.2) is 4.39 Å². The van der Waals surface area contributed by atoms with Gasteiger partial charge in [-0.15, -0.1) is 10.2 Å². The van der Waals surface area contributed by atoms with E-state index in [9.17, 15) is 14.0 Å². The summed E-state index contributed by atoms with van der Waals surface area (Å²) in [5.41, 5.74) is 0.999. The number of hydrogen-bond acceptors (Lipinski definition) is 7. The summed E-state index contributed by atoms with van der Waals surface area (Å²) < 4.78 is 19.7. The van der Waals surface area contributed by atoms with Gasteiger partial charge < -0.3 is 4.74 Å². The Morgan fingerprint density at radius 2 is 2.13 bits per heavy atom. The first-order valence-corrected chi connectivity index (χ1v) is 10.9. The van der Waals surface area contributed by atoms with Crippen molar-refractivity contribution in [1.82, 2.24) is 10.2 Å². The van der Waals surface area contributed by atoms with E-state index in [0.717, 1.165) is 0 Å². The highest BCUT2D eigenvalue weighted by Gasteiger charge is 2.28. The Morgan fingerprint density at radius 3 is 2.97 bits per heavy atom. The molecule has 1 N–H and O–H groups in total. The van der Waals surface area contributed by atoms with Crippen molar-refractivity contribution < 1.29 is 18.7 Å². The minimum atomic E-state index is -0.432. The van der Waals surface area contributed by atoms with Crippen LogP contribution in [0, 0.1) is 5.82 Å². The molecule has 7 nitrogen and oxygen atoms in total. The molecule has 11 heteroatoms. The fraction of sp³-hybridized carbons (Fsp3) is 0.158. The number of rotatable bonds is 6. The number of nitrogens with zero attached hydrogens (tertiary/aromatic N) is 3. The van der Waals surface area contributed by atoms with E-state index < -0.39 is 5.91 Å². The largest absolute Gasteiger partial charge is 0.482 e. The molecule has 0 atom stereocenters. The Balaban J connectivity index is 1.38. The van der Waals surface area contributed by atoms with Crippen LogP contribution in [-0.2, 0) is 15.3 Å². The zero-order valence-corrected chi connectivity index (χ0v) is 17.7. The SMILES string of the molecule is O=C(CN1C(=O)COc2ccc(Cl)cc21)Nc1nnc(SCc2ccccc2F)s1. The molecule has 1 aliphatic rings. The van der Waals surface area contributed by atoms with Gasteiger partial charge in [0.1, 0.15) is 18.1 Å². The third-order valence-corrected chi connectivity index (χ3v) is 6.38. The maximum atomic E-state index is 13.7. The van der Waals surface area contributed by atoms with Gasteiger partial charge in [0.2, 0.25) is 11.0 Å². The number of carbonyl (C=O) groups is 2. The van der Waals surface area contributed by atoms with E-state index in [0.29, 0.717) is 37.2 Å². The quantitative estimate of drug-likeness (QED) is 0.438. The molecule has 2 aromatic carbocycles. The summed E-state index contributed by atoms with van der Waals surface area (Å²) in [6, 6.07) is 11.4. The van der Waals surface area contributed by atoms with Crippen molar-refractivity contribution in [3.63, 3.8) is 0 Å². The van der Waals surface area contributed by atoms with Crippen LogP contribution in [0.4, 0.5) is 15.2 Å². The van der Waals surface area contributed by atoms with E-state index in [2.05, 4.69) is 15.5 Å². The van der Waals surface area contributed by atoms with Crippen LogP contribution in [0.25, 0.3) is 0 Å². The predicted molar refractivity (Wildman–Crippen MR) is 114 cm³/mol. The first-order chi connectivity index (χ1) is 14.5. The van der Waals surface area contributed by atoms with Crippen molar-refractivity contribution in [2.24, 2.45) is 0 Å². The molecule has 0 unspecified atom stereocenters. The van der Waals surface area contributed by atoms with Crippen molar-refractivity contribution in [1.29, 1.82) is 0 Å². The third kappa shape index (κ3) is 4.72. The third-order valence-electron chi connectivity index (χ3n) is 4.13. The molecular formula is C19H14ClFN4O3S2. The van der Waals surface area contributed by atoms with Gasteiger partial charge in [0.25, 0.3) is 5.91 Å². The lowest BCUT2D eigenvalue weighted by molar-refractivity contribution is -0.123. The first-order valence-electron chi connectivity index (χ1n) is 8.72. The number of aromatic nitrogens is 2. The second-order valence-corrected chi connectivity index (χ2v) is 8.82. The number of thioether (sulfide) groups is 1. The summed E-state index contributed by atoms with van der Waals surface area (Å²) in [5.74, 6) is -0.181. The molecule has 2 amide bonds. The number of benzene rings is 2. The van der Waals surface area contributed by atoms with Gasteiger partial charge in [-0.3, -0.25) is 19.8 Å². The van der Waals surface area contributed by atoms with Crippen molar-refractivity contribution in [3.05, 3.63) is 58.9 Å². The van der Waals surface area contributed by atoms with E-state index in [1.165, 1.54) is 34.1 Å². The average molecular weight is 465 g/mol. The number of hydrogen-bond donors (Lipinski definition) is 1. The molecule has 3 aromatic rings. The van der Waals surface area contributed by atoms with Crippen LogP contribution in [-0.4, -0.2) is 35.2 Å². The maximum Gasteiger partial charge on any atom is 0.265 e. The summed E-state index contributed by atoms with van der Waals surface area (Å²) in [5, 5.41) is 11.3. The van der Waals surface area contributed by atoms with Gasteiger partial charge >= 0.3 is 0 Å². The molecular weight excluding hydrogens is 451 g/mol. The Morgan fingerprint density at radius 1 is 1.30 bits per heavy atom. The Hall–Kier alpha value is -2.69. The molecule has 154 valence electrons. The second kappa shape index (κ2) is 8.99. The molecule has 2 heterocycles. The van der Waals surface area contributed by atoms with E-state index in [4.69, 9.17) is 16.3 Å². The van der Waals surface area contributed by atoms with E-state index in [-0.39, 0.29) is 24.9 Å². The Bertz CT molecular complexity index is 1110. The molecule has 0 bridgehead atoms. The van der Waals surface area contributed by atoms with Crippen LogP contribution < -0.4 is 15.0 Å². The standard InChI is InChI=1S/C19H14ClFN4O3S2/c20-12-5-6-15-14(7-12)25(17(27)9-28-15)8-16(26)22-18-23-24-19(30-18)29-10-11-3-1-2-4-13(11)21/h1-7H,8-10H2,(H,22,23,26). The highest BCUT2D eigenvalue weighted by Crippen LogP contribution is 2.34. The van der Waals surface area contributed by atoms with Gasteiger partial charge in [-0.05, 0) is 29.8 Å². The zero-order chi connectivity index (χ0) is 21.1. The number of carbonyl (C=O) groups excluding carboxylic acids is 2. The van der Waals surface area contributed by atoms with Gasteiger partial charge in [-0.2, -0.15) is 0 Å². The molecule has 1 aromatic heterocycles. The van der Waals surface area contributed by atoms with E-state index in [1.54, 1.807) is 36.4 Å². The van der Waals surface area contributed by atoms with Crippen LogP contribution in [0.2, 0.25) is 5.02 Å². The molecule has 0 saturated carbocycles. The summed E-state index contributed by atoms with van der Waals surface area (Å²) in [6.45, 7) is -0.371. The Kier molecular flexibility index (Phi) is 6.16.